The fourth-order valence-corrected chi connectivity index (χ4v) is 1.63. The lowest BCUT2D eigenvalue weighted by molar-refractivity contribution is -0.0200. The van der Waals surface area contributed by atoms with Crippen molar-refractivity contribution in [2.45, 2.75) is 31.0 Å². The average Bonchev–Trinajstić information content (AvgIpc) is 2.17. The lowest BCUT2D eigenvalue weighted by Gasteiger charge is -2.38. The second-order valence-electron chi connectivity index (χ2n) is 3.66. The van der Waals surface area contributed by atoms with Crippen molar-refractivity contribution in [1.82, 2.24) is 4.90 Å². The Morgan fingerprint density at radius 1 is 1.40 bits per heavy atom. The molecule has 0 radical (unpaired) electrons. The summed E-state index contributed by atoms with van der Waals surface area (Å²) < 4.78 is 38.3. The number of nitrogens with two attached hydrogens (primary N) is 1. The molecule has 1 aliphatic heterocycles. The van der Waals surface area contributed by atoms with Crippen molar-refractivity contribution in [3.8, 4) is 0 Å². The SMILES string of the molecule is NC(C(F)F)C1(F)CCN(C(=O)O)CC1. The van der Waals surface area contributed by atoms with Crippen LogP contribution in [0.15, 0.2) is 0 Å². The molecular weight excluding hydrogens is 213 g/mol. The van der Waals surface area contributed by atoms with E-state index in [1.54, 1.807) is 0 Å². The van der Waals surface area contributed by atoms with Gasteiger partial charge in [0.2, 0.25) is 0 Å². The first kappa shape index (κ1) is 12.1. The predicted molar refractivity (Wildman–Crippen MR) is 46.7 cm³/mol. The van der Waals surface area contributed by atoms with Crippen LogP contribution in [0, 0.1) is 0 Å². The van der Waals surface area contributed by atoms with Gasteiger partial charge in [-0.25, -0.2) is 18.0 Å². The van der Waals surface area contributed by atoms with Gasteiger partial charge < -0.3 is 15.7 Å². The lowest BCUT2D eigenvalue weighted by Crippen LogP contribution is -2.55. The van der Waals surface area contributed by atoms with Gasteiger partial charge in [0.1, 0.15) is 11.7 Å². The molecule has 0 aromatic carbocycles. The molecule has 15 heavy (non-hydrogen) atoms. The Morgan fingerprint density at radius 3 is 2.20 bits per heavy atom. The van der Waals surface area contributed by atoms with E-state index in [4.69, 9.17) is 10.8 Å². The van der Waals surface area contributed by atoms with Crippen LogP contribution in [0.5, 0.6) is 0 Å². The Labute approximate surface area is 84.8 Å². The molecule has 3 N–H and O–H groups in total. The van der Waals surface area contributed by atoms with Gasteiger partial charge in [0.05, 0.1) is 0 Å². The fraction of sp³-hybridized carbons (Fsp3) is 0.875. The van der Waals surface area contributed by atoms with Crippen LogP contribution in [0.1, 0.15) is 12.8 Å². The number of carbonyl (C=O) groups is 1. The third kappa shape index (κ3) is 2.53. The summed E-state index contributed by atoms with van der Waals surface area (Å²) in [6, 6.07) is -1.84. The maximum atomic E-state index is 13.8. The van der Waals surface area contributed by atoms with Crippen LogP contribution in [-0.2, 0) is 0 Å². The van der Waals surface area contributed by atoms with Gasteiger partial charge in [-0.05, 0) is 0 Å². The van der Waals surface area contributed by atoms with Crippen LogP contribution in [0.25, 0.3) is 0 Å². The van der Waals surface area contributed by atoms with Crippen molar-refractivity contribution < 1.29 is 23.1 Å². The molecule has 1 fully saturated rings. The van der Waals surface area contributed by atoms with E-state index in [9.17, 15) is 18.0 Å². The Bertz CT molecular complexity index is 242. The highest BCUT2D eigenvalue weighted by Crippen LogP contribution is 2.31. The molecule has 7 heteroatoms. The molecule has 0 saturated carbocycles. The van der Waals surface area contributed by atoms with E-state index < -0.39 is 24.2 Å². The molecule has 0 aliphatic carbocycles. The molecule has 0 aromatic rings. The number of alkyl halides is 3. The van der Waals surface area contributed by atoms with Crippen LogP contribution in [0.4, 0.5) is 18.0 Å². The second kappa shape index (κ2) is 4.26. The smallest absolute Gasteiger partial charge is 0.407 e. The van der Waals surface area contributed by atoms with Crippen LogP contribution in [0.3, 0.4) is 0 Å². The van der Waals surface area contributed by atoms with Crippen LogP contribution < -0.4 is 5.73 Å². The van der Waals surface area contributed by atoms with Gasteiger partial charge in [0, 0.05) is 25.9 Å². The Kier molecular flexibility index (Phi) is 3.43. The molecule has 0 spiro atoms. The highest BCUT2D eigenvalue weighted by atomic mass is 19.3. The summed E-state index contributed by atoms with van der Waals surface area (Å²) >= 11 is 0. The number of piperidine rings is 1. The number of carboxylic acid groups (broad SMARTS) is 1. The molecule has 1 unspecified atom stereocenters. The van der Waals surface area contributed by atoms with Gasteiger partial charge in [0.15, 0.2) is 0 Å². The lowest BCUT2D eigenvalue weighted by atomic mass is 9.87. The minimum atomic E-state index is -2.92. The van der Waals surface area contributed by atoms with Crippen molar-refractivity contribution in [2.75, 3.05) is 13.1 Å². The molecule has 0 bridgehead atoms. The maximum Gasteiger partial charge on any atom is 0.407 e. The Balaban J connectivity index is 2.58. The van der Waals surface area contributed by atoms with Gasteiger partial charge >= 0.3 is 6.09 Å². The van der Waals surface area contributed by atoms with Gasteiger partial charge in [-0.15, -0.1) is 0 Å². The summed E-state index contributed by atoms with van der Waals surface area (Å²) in [5.74, 6) is 0. The first-order chi connectivity index (χ1) is 6.87. The van der Waals surface area contributed by atoms with Crippen LogP contribution in [-0.4, -0.2) is 47.3 Å². The van der Waals surface area contributed by atoms with E-state index in [-0.39, 0.29) is 25.9 Å². The van der Waals surface area contributed by atoms with Gasteiger partial charge in [0.25, 0.3) is 6.43 Å². The molecular formula is C8H13F3N2O2. The first-order valence-corrected chi connectivity index (χ1v) is 4.57. The molecule has 1 saturated heterocycles. The zero-order valence-corrected chi connectivity index (χ0v) is 8.00. The summed E-state index contributed by atoms with van der Waals surface area (Å²) in [7, 11) is 0. The minimum absolute atomic E-state index is 0.0910. The second-order valence-corrected chi connectivity index (χ2v) is 3.66. The number of amides is 1. The highest BCUT2D eigenvalue weighted by molar-refractivity contribution is 5.65. The maximum absolute atomic E-state index is 13.8. The number of rotatable bonds is 2. The van der Waals surface area contributed by atoms with Crippen molar-refractivity contribution in [3.05, 3.63) is 0 Å². The van der Waals surface area contributed by atoms with Gasteiger partial charge in [-0.2, -0.15) is 0 Å². The van der Waals surface area contributed by atoms with E-state index in [0.29, 0.717) is 0 Å². The summed E-state index contributed by atoms with van der Waals surface area (Å²) in [5.41, 5.74) is 2.90. The number of nitrogens with zero attached hydrogens (tertiary/aromatic N) is 1. The zero-order chi connectivity index (χ0) is 11.6. The third-order valence-electron chi connectivity index (χ3n) is 2.73. The monoisotopic (exact) mass is 226 g/mol. The molecule has 4 nitrogen and oxygen atoms in total. The first-order valence-electron chi connectivity index (χ1n) is 4.57. The van der Waals surface area contributed by atoms with Gasteiger partial charge in [-0.3, -0.25) is 0 Å². The summed E-state index contributed by atoms with van der Waals surface area (Å²) in [5, 5.41) is 8.58. The third-order valence-corrected chi connectivity index (χ3v) is 2.73. The molecule has 0 aromatic heterocycles. The highest BCUT2D eigenvalue weighted by Gasteiger charge is 2.45. The van der Waals surface area contributed by atoms with Crippen molar-refractivity contribution in [3.63, 3.8) is 0 Å². The van der Waals surface area contributed by atoms with E-state index >= 15 is 0 Å². The molecule has 1 heterocycles. The van der Waals surface area contributed by atoms with E-state index in [0.717, 1.165) is 4.90 Å². The van der Waals surface area contributed by atoms with Crippen molar-refractivity contribution >= 4 is 6.09 Å². The normalized spacial score (nSPS) is 22.9. The fourth-order valence-electron chi connectivity index (χ4n) is 1.63. The standard InChI is InChI=1S/C8H13F3N2O2/c9-6(10)5(12)8(11)1-3-13(4-2-8)7(14)15/h5-6H,1-4,12H2,(H,14,15). The number of hydrogen-bond acceptors (Lipinski definition) is 2. The zero-order valence-electron chi connectivity index (χ0n) is 8.00. The molecule has 1 atom stereocenters. The Hall–Kier alpha value is -0.980. The number of likely N-dealkylation sites (tertiary alicyclic amines) is 1. The molecule has 1 amide bonds. The summed E-state index contributed by atoms with van der Waals surface area (Å²) in [4.78, 5) is 11.5. The molecule has 1 aliphatic rings. The van der Waals surface area contributed by atoms with E-state index in [1.807, 2.05) is 0 Å². The Morgan fingerprint density at radius 2 is 1.87 bits per heavy atom. The summed E-state index contributed by atoms with van der Waals surface area (Å²) in [6.45, 7) is -0.182. The predicted octanol–water partition coefficient (Wildman–Crippen LogP) is 1.06. The number of hydrogen-bond donors (Lipinski definition) is 2. The van der Waals surface area contributed by atoms with Crippen LogP contribution >= 0.6 is 0 Å². The van der Waals surface area contributed by atoms with E-state index in [2.05, 4.69) is 0 Å². The van der Waals surface area contributed by atoms with Gasteiger partial charge in [-0.1, -0.05) is 0 Å². The minimum Gasteiger partial charge on any atom is -0.465 e. The molecule has 88 valence electrons. The van der Waals surface area contributed by atoms with Crippen molar-refractivity contribution in [1.29, 1.82) is 0 Å². The summed E-state index contributed by atoms with van der Waals surface area (Å²) in [6.07, 6.45) is -4.63. The average molecular weight is 226 g/mol. The molecule has 1 rings (SSSR count). The largest absolute Gasteiger partial charge is 0.465 e. The van der Waals surface area contributed by atoms with Crippen molar-refractivity contribution in [2.24, 2.45) is 5.73 Å². The quantitative estimate of drug-likeness (QED) is 0.739. The topological polar surface area (TPSA) is 66.6 Å². The number of halogens is 3. The van der Waals surface area contributed by atoms with Crippen LogP contribution in [0.2, 0.25) is 0 Å². The van der Waals surface area contributed by atoms with E-state index in [1.165, 1.54) is 0 Å².